The van der Waals surface area contributed by atoms with Crippen molar-refractivity contribution < 1.29 is 4.79 Å². The smallest absolute Gasteiger partial charge is 0.224 e. The van der Waals surface area contributed by atoms with Crippen LogP contribution in [0.2, 0.25) is 10.0 Å². The Morgan fingerprint density at radius 2 is 2.11 bits per heavy atom. The van der Waals surface area contributed by atoms with E-state index >= 15 is 0 Å². The van der Waals surface area contributed by atoms with E-state index in [9.17, 15) is 4.79 Å². The number of nitrogens with zero attached hydrogens (tertiary/aromatic N) is 1. The molecule has 2 N–H and O–H groups in total. The average molecular weight is 301 g/mol. The zero-order valence-electron chi connectivity index (χ0n) is 11.0. The van der Waals surface area contributed by atoms with Gasteiger partial charge in [-0.25, -0.2) is 0 Å². The quantitative estimate of drug-likeness (QED) is 0.928. The normalized spacial score (nSPS) is 16.8. The Balaban J connectivity index is 1.98. The first kappa shape index (κ1) is 14.6. The molecule has 1 amide bonds. The molecule has 5 heteroatoms. The van der Waals surface area contributed by atoms with E-state index in [-0.39, 0.29) is 11.4 Å². The van der Waals surface area contributed by atoms with Crippen LogP contribution in [0.15, 0.2) is 18.2 Å². The van der Waals surface area contributed by atoms with Crippen LogP contribution in [0.3, 0.4) is 0 Å². The third-order valence-electron chi connectivity index (χ3n) is 3.72. The molecule has 0 saturated heterocycles. The number of hydrogen-bond donors (Lipinski definition) is 1. The zero-order chi connectivity index (χ0) is 14.0. The van der Waals surface area contributed by atoms with Crippen molar-refractivity contribution in [2.75, 3.05) is 7.05 Å². The van der Waals surface area contributed by atoms with E-state index in [1.54, 1.807) is 18.0 Å². The van der Waals surface area contributed by atoms with Gasteiger partial charge in [-0.1, -0.05) is 35.3 Å². The number of nitrogens with two attached hydrogens (primary N) is 1. The number of carbonyl (C=O) groups excluding carboxylic acids is 1. The third-order valence-corrected chi connectivity index (χ3v) is 4.58. The van der Waals surface area contributed by atoms with Crippen molar-refractivity contribution in [1.29, 1.82) is 0 Å². The number of halogens is 2. The van der Waals surface area contributed by atoms with Gasteiger partial charge >= 0.3 is 0 Å². The van der Waals surface area contributed by atoms with Crippen molar-refractivity contribution >= 4 is 29.1 Å². The maximum absolute atomic E-state index is 12.1. The topological polar surface area (TPSA) is 46.3 Å². The number of carbonyl (C=O) groups is 1. The second-order valence-electron chi connectivity index (χ2n) is 5.36. The Labute approximate surface area is 123 Å². The van der Waals surface area contributed by atoms with Crippen LogP contribution in [0.4, 0.5) is 0 Å². The fraction of sp³-hybridized carbons (Fsp3) is 0.500. The lowest BCUT2D eigenvalue weighted by molar-refractivity contribution is -0.132. The molecular weight excluding hydrogens is 283 g/mol. The Bertz CT molecular complexity index is 486. The first-order valence-electron chi connectivity index (χ1n) is 6.37. The number of benzene rings is 1. The lowest BCUT2D eigenvalue weighted by atomic mass is 9.75. The predicted octanol–water partition coefficient (Wildman–Crippen LogP) is 3.22. The summed E-state index contributed by atoms with van der Waals surface area (Å²) in [6, 6.07) is 5.44. The lowest BCUT2D eigenvalue weighted by Crippen LogP contribution is -2.50. The molecule has 2 rings (SSSR count). The van der Waals surface area contributed by atoms with E-state index in [4.69, 9.17) is 28.9 Å². The van der Waals surface area contributed by atoms with Gasteiger partial charge in [-0.2, -0.15) is 0 Å². The van der Waals surface area contributed by atoms with E-state index < -0.39 is 0 Å². The van der Waals surface area contributed by atoms with E-state index in [0.29, 0.717) is 23.0 Å². The highest BCUT2D eigenvalue weighted by Gasteiger charge is 2.35. The van der Waals surface area contributed by atoms with Crippen molar-refractivity contribution in [3.63, 3.8) is 0 Å². The number of amides is 1. The first-order chi connectivity index (χ1) is 8.91. The van der Waals surface area contributed by atoms with Crippen molar-refractivity contribution in [3.8, 4) is 0 Å². The molecule has 1 saturated carbocycles. The molecular formula is C14H18Cl2N2O. The lowest BCUT2D eigenvalue weighted by Gasteiger charge is -2.38. The summed E-state index contributed by atoms with van der Waals surface area (Å²) in [5, 5.41) is 1.02. The molecule has 0 spiro atoms. The summed E-state index contributed by atoms with van der Waals surface area (Å²) >= 11 is 12.1. The highest BCUT2D eigenvalue weighted by Crippen LogP contribution is 2.33. The second-order valence-corrected chi connectivity index (χ2v) is 6.14. The van der Waals surface area contributed by atoms with E-state index in [0.717, 1.165) is 24.8 Å². The highest BCUT2D eigenvalue weighted by atomic mass is 35.5. The van der Waals surface area contributed by atoms with Gasteiger partial charge in [-0.3, -0.25) is 4.79 Å². The monoisotopic (exact) mass is 300 g/mol. The summed E-state index contributed by atoms with van der Waals surface area (Å²) in [4.78, 5) is 13.8. The SMILES string of the molecule is CN(Cc1cccc(Cl)c1Cl)C(=O)CC1(N)CCC1. The van der Waals surface area contributed by atoms with Gasteiger partial charge in [0, 0.05) is 25.6 Å². The summed E-state index contributed by atoms with van der Waals surface area (Å²) in [5.74, 6) is 0.0539. The highest BCUT2D eigenvalue weighted by molar-refractivity contribution is 6.42. The van der Waals surface area contributed by atoms with Crippen LogP contribution >= 0.6 is 23.2 Å². The Kier molecular flexibility index (Phi) is 4.39. The average Bonchev–Trinajstić information content (AvgIpc) is 2.33. The molecule has 104 valence electrons. The summed E-state index contributed by atoms with van der Waals surface area (Å²) in [6.07, 6.45) is 3.39. The maximum Gasteiger partial charge on any atom is 0.224 e. The van der Waals surface area contributed by atoms with Crippen molar-refractivity contribution in [2.45, 2.75) is 37.8 Å². The molecule has 1 fully saturated rings. The summed E-state index contributed by atoms with van der Waals surface area (Å²) in [6.45, 7) is 0.453. The Morgan fingerprint density at radius 3 is 2.68 bits per heavy atom. The first-order valence-corrected chi connectivity index (χ1v) is 7.13. The molecule has 0 unspecified atom stereocenters. The van der Waals surface area contributed by atoms with Gasteiger partial charge in [-0.15, -0.1) is 0 Å². The minimum Gasteiger partial charge on any atom is -0.341 e. The van der Waals surface area contributed by atoms with E-state index in [1.165, 1.54) is 0 Å². The molecule has 1 aromatic carbocycles. The molecule has 19 heavy (non-hydrogen) atoms. The van der Waals surface area contributed by atoms with Gasteiger partial charge in [0.15, 0.2) is 0 Å². The van der Waals surface area contributed by atoms with Crippen LogP contribution in [0, 0.1) is 0 Å². The van der Waals surface area contributed by atoms with Crippen LogP contribution in [-0.4, -0.2) is 23.4 Å². The van der Waals surface area contributed by atoms with Gasteiger partial charge in [0.2, 0.25) is 5.91 Å². The minimum absolute atomic E-state index is 0.0539. The molecule has 1 aromatic rings. The molecule has 0 heterocycles. The maximum atomic E-state index is 12.1. The fourth-order valence-corrected chi connectivity index (χ4v) is 2.64. The largest absolute Gasteiger partial charge is 0.341 e. The van der Waals surface area contributed by atoms with Gasteiger partial charge in [0.1, 0.15) is 0 Å². The molecule has 0 aromatic heterocycles. The van der Waals surface area contributed by atoms with Gasteiger partial charge in [0.05, 0.1) is 10.0 Å². The van der Waals surface area contributed by atoms with Gasteiger partial charge in [0.25, 0.3) is 0 Å². The minimum atomic E-state index is -0.288. The molecule has 1 aliphatic carbocycles. The van der Waals surface area contributed by atoms with Crippen LogP contribution in [0.5, 0.6) is 0 Å². The molecule has 3 nitrogen and oxygen atoms in total. The fourth-order valence-electron chi connectivity index (χ4n) is 2.26. The van der Waals surface area contributed by atoms with Gasteiger partial charge in [-0.05, 0) is 30.9 Å². The number of hydrogen-bond acceptors (Lipinski definition) is 2. The predicted molar refractivity (Wildman–Crippen MR) is 78.3 cm³/mol. The standard InChI is InChI=1S/C14H18Cl2N2O/c1-18(12(19)8-14(17)6-3-7-14)9-10-4-2-5-11(15)13(10)16/h2,4-5H,3,6-9,17H2,1H3. The van der Waals surface area contributed by atoms with Crippen molar-refractivity contribution in [3.05, 3.63) is 33.8 Å². The molecule has 0 atom stereocenters. The van der Waals surface area contributed by atoms with Crippen molar-refractivity contribution in [1.82, 2.24) is 4.90 Å². The van der Waals surface area contributed by atoms with Crippen molar-refractivity contribution in [2.24, 2.45) is 5.73 Å². The summed E-state index contributed by atoms with van der Waals surface area (Å²) in [5.41, 5.74) is 6.66. The van der Waals surface area contributed by atoms with Crippen LogP contribution in [0.1, 0.15) is 31.2 Å². The number of rotatable bonds is 4. The Hall–Kier alpha value is -0.770. The molecule has 0 radical (unpaired) electrons. The van der Waals surface area contributed by atoms with Crippen LogP contribution in [0.25, 0.3) is 0 Å². The van der Waals surface area contributed by atoms with E-state index in [2.05, 4.69) is 0 Å². The van der Waals surface area contributed by atoms with E-state index in [1.807, 2.05) is 12.1 Å². The summed E-state index contributed by atoms with van der Waals surface area (Å²) in [7, 11) is 1.77. The molecule has 0 aliphatic heterocycles. The molecule has 1 aliphatic rings. The Morgan fingerprint density at radius 1 is 1.42 bits per heavy atom. The zero-order valence-corrected chi connectivity index (χ0v) is 12.5. The van der Waals surface area contributed by atoms with Crippen LogP contribution < -0.4 is 5.73 Å². The second kappa shape index (κ2) is 5.70. The van der Waals surface area contributed by atoms with Crippen LogP contribution in [-0.2, 0) is 11.3 Å². The summed E-state index contributed by atoms with van der Waals surface area (Å²) < 4.78 is 0. The molecule has 0 bridgehead atoms. The third kappa shape index (κ3) is 3.41. The van der Waals surface area contributed by atoms with Gasteiger partial charge < -0.3 is 10.6 Å².